The van der Waals surface area contributed by atoms with Gasteiger partial charge in [0.05, 0.1) is 19.8 Å². The molecule has 8 heteroatoms. The van der Waals surface area contributed by atoms with E-state index >= 15 is 0 Å². The highest BCUT2D eigenvalue weighted by Gasteiger charge is 2.30. The molecule has 0 bridgehead atoms. The van der Waals surface area contributed by atoms with Crippen LogP contribution in [0.2, 0.25) is 0 Å². The minimum absolute atomic E-state index is 0.0175. The van der Waals surface area contributed by atoms with Crippen molar-refractivity contribution in [3.8, 4) is 0 Å². The summed E-state index contributed by atoms with van der Waals surface area (Å²) in [7, 11) is 0. The molecular formula is C24H31N3O5. The fraction of sp³-hybridized carbons (Fsp3) is 0.375. The summed E-state index contributed by atoms with van der Waals surface area (Å²) in [5.41, 5.74) is 7.23. The molecule has 2 rings (SSSR count). The highest BCUT2D eigenvalue weighted by molar-refractivity contribution is 5.97. The smallest absolute Gasteiger partial charge is 0.408 e. The van der Waals surface area contributed by atoms with Gasteiger partial charge in [0.15, 0.2) is 0 Å². The first-order chi connectivity index (χ1) is 15.4. The molecule has 0 aliphatic carbocycles. The highest BCUT2D eigenvalue weighted by atomic mass is 16.5. The van der Waals surface area contributed by atoms with Crippen LogP contribution in [0.1, 0.15) is 31.4 Å². The number of carbonyl (C=O) groups excluding carboxylic acids is 3. The summed E-state index contributed by atoms with van der Waals surface area (Å²) in [6, 6.07) is 16.9. The topological polar surface area (TPSA) is 111 Å². The van der Waals surface area contributed by atoms with E-state index in [0.717, 1.165) is 16.0 Å². The van der Waals surface area contributed by atoms with Crippen LogP contribution in [0.4, 0.5) is 9.59 Å². The van der Waals surface area contributed by atoms with Gasteiger partial charge in [0.25, 0.3) is 5.91 Å². The van der Waals surface area contributed by atoms with Crippen LogP contribution in [0.5, 0.6) is 0 Å². The number of amides is 4. The lowest BCUT2D eigenvalue weighted by molar-refractivity contribution is -0.131. The Morgan fingerprint density at radius 1 is 0.938 bits per heavy atom. The molecule has 0 saturated heterocycles. The summed E-state index contributed by atoms with van der Waals surface area (Å²) in [6.45, 7) is 4.35. The third-order valence-corrected chi connectivity index (χ3v) is 4.61. The number of ether oxygens (including phenoxy) is 2. The molecule has 3 N–H and O–H groups in total. The number of rotatable bonds is 11. The summed E-state index contributed by atoms with van der Waals surface area (Å²) in [4.78, 5) is 38.1. The average Bonchev–Trinajstić information content (AvgIpc) is 2.77. The number of nitrogens with one attached hydrogen (secondary N) is 1. The van der Waals surface area contributed by atoms with Crippen molar-refractivity contribution in [2.45, 2.75) is 39.5 Å². The van der Waals surface area contributed by atoms with Gasteiger partial charge in [0.1, 0.15) is 12.6 Å². The van der Waals surface area contributed by atoms with Crippen LogP contribution in [0, 0.1) is 5.92 Å². The fourth-order valence-corrected chi connectivity index (χ4v) is 3.04. The first kappa shape index (κ1) is 24.9. The molecule has 1 atom stereocenters. The molecular weight excluding hydrogens is 410 g/mol. The Kier molecular flexibility index (Phi) is 10.2. The van der Waals surface area contributed by atoms with Gasteiger partial charge in [-0.05, 0) is 23.5 Å². The van der Waals surface area contributed by atoms with E-state index < -0.39 is 24.1 Å². The minimum atomic E-state index is -0.945. The Balaban J connectivity index is 1.92. The summed E-state index contributed by atoms with van der Waals surface area (Å²) >= 11 is 0. The van der Waals surface area contributed by atoms with Crippen LogP contribution in [0.25, 0.3) is 0 Å². The van der Waals surface area contributed by atoms with Gasteiger partial charge in [-0.15, -0.1) is 0 Å². The van der Waals surface area contributed by atoms with Crippen molar-refractivity contribution in [2.24, 2.45) is 11.7 Å². The maximum atomic E-state index is 13.0. The Morgan fingerprint density at radius 3 is 2.03 bits per heavy atom. The first-order valence-electron chi connectivity index (χ1n) is 10.6. The highest BCUT2D eigenvalue weighted by Crippen LogP contribution is 2.10. The summed E-state index contributed by atoms with van der Waals surface area (Å²) in [5.74, 6) is -0.506. The number of primary amides is 1. The number of benzene rings is 2. The molecule has 0 fully saturated rings. The molecule has 172 valence electrons. The molecule has 0 spiro atoms. The van der Waals surface area contributed by atoms with Crippen molar-refractivity contribution in [3.05, 3.63) is 71.8 Å². The third-order valence-electron chi connectivity index (χ3n) is 4.61. The van der Waals surface area contributed by atoms with Gasteiger partial charge in [-0.1, -0.05) is 74.5 Å². The van der Waals surface area contributed by atoms with Crippen molar-refractivity contribution >= 4 is 18.0 Å². The molecule has 0 aromatic heterocycles. The maximum absolute atomic E-state index is 13.0. The molecule has 0 radical (unpaired) electrons. The quantitative estimate of drug-likeness (QED) is 0.519. The van der Waals surface area contributed by atoms with Crippen molar-refractivity contribution in [3.63, 3.8) is 0 Å². The van der Waals surface area contributed by atoms with Gasteiger partial charge in [-0.2, -0.15) is 0 Å². The van der Waals surface area contributed by atoms with Gasteiger partial charge in [0.2, 0.25) is 0 Å². The molecule has 0 aliphatic rings. The van der Waals surface area contributed by atoms with Crippen molar-refractivity contribution in [1.82, 2.24) is 10.2 Å². The zero-order valence-electron chi connectivity index (χ0n) is 18.5. The van der Waals surface area contributed by atoms with E-state index in [1.165, 1.54) is 0 Å². The summed E-state index contributed by atoms with van der Waals surface area (Å²) in [5, 5.41) is 2.57. The molecule has 2 aromatic carbocycles. The number of imide groups is 1. The van der Waals surface area contributed by atoms with Crippen molar-refractivity contribution < 1.29 is 23.9 Å². The minimum Gasteiger partial charge on any atom is -0.445 e. The standard InChI is InChI=1S/C24H31N3O5/c1-18(2)15-21(26-24(30)32-17-20-11-7-4-8-12-20)22(28)27(23(25)29)13-14-31-16-19-9-5-3-6-10-19/h3-12,18,21H,13-17H2,1-2H3,(H2,25,29)(H,26,30). The molecule has 32 heavy (non-hydrogen) atoms. The van der Waals surface area contributed by atoms with Crippen LogP contribution in [0.15, 0.2) is 60.7 Å². The van der Waals surface area contributed by atoms with Gasteiger partial charge < -0.3 is 20.5 Å². The predicted octanol–water partition coefficient (Wildman–Crippen LogP) is 3.45. The van der Waals surface area contributed by atoms with Crippen molar-refractivity contribution in [1.29, 1.82) is 0 Å². The molecule has 2 aromatic rings. The number of hydrogen-bond acceptors (Lipinski definition) is 5. The first-order valence-corrected chi connectivity index (χ1v) is 10.6. The van der Waals surface area contributed by atoms with Crippen LogP contribution in [-0.2, 0) is 27.5 Å². The molecule has 4 amide bonds. The molecule has 8 nitrogen and oxygen atoms in total. The van der Waals surface area contributed by atoms with Gasteiger partial charge in [-0.3, -0.25) is 9.69 Å². The number of nitrogens with zero attached hydrogens (tertiary/aromatic N) is 1. The predicted molar refractivity (Wildman–Crippen MR) is 120 cm³/mol. The van der Waals surface area contributed by atoms with Crippen LogP contribution >= 0.6 is 0 Å². The van der Waals surface area contributed by atoms with E-state index in [1.807, 2.05) is 74.5 Å². The maximum Gasteiger partial charge on any atom is 0.408 e. The van der Waals surface area contributed by atoms with E-state index in [2.05, 4.69) is 5.32 Å². The van der Waals surface area contributed by atoms with Crippen LogP contribution in [0.3, 0.4) is 0 Å². The Hall–Kier alpha value is -3.39. The monoisotopic (exact) mass is 441 g/mol. The second kappa shape index (κ2) is 13.1. The number of alkyl carbamates (subject to hydrolysis) is 1. The van der Waals surface area contributed by atoms with Crippen LogP contribution < -0.4 is 11.1 Å². The number of carbonyl (C=O) groups is 3. The largest absolute Gasteiger partial charge is 0.445 e. The number of urea groups is 1. The second-order valence-corrected chi connectivity index (χ2v) is 7.75. The normalized spacial score (nSPS) is 11.6. The number of hydrogen-bond donors (Lipinski definition) is 2. The van der Waals surface area contributed by atoms with Crippen LogP contribution in [-0.4, -0.2) is 42.1 Å². The van der Waals surface area contributed by atoms with Gasteiger partial charge >= 0.3 is 12.1 Å². The van der Waals surface area contributed by atoms with Crippen molar-refractivity contribution in [2.75, 3.05) is 13.2 Å². The van der Waals surface area contributed by atoms with Gasteiger partial charge in [0, 0.05) is 0 Å². The Labute approximate surface area is 188 Å². The second-order valence-electron chi connectivity index (χ2n) is 7.75. The fourth-order valence-electron chi connectivity index (χ4n) is 3.04. The zero-order valence-corrected chi connectivity index (χ0v) is 18.5. The molecule has 0 saturated carbocycles. The lowest BCUT2D eigenvalue weighted by Gasteiger charge is -2.26. The Bertz CT molecular complexity index is 858. The number of nitrogens with two attached hydrogens (primary N) is 1. The summed E-state index contributed by atoms with van der Waals surface area (Å²) < 4.78 is 10.8. The van der Waals surface area contributed by atoms with Gasteiger partial charge in [-0.25, -0.2) is 9.59 Å². The molecule has 0 heterocycles. The van der Waals surface area contributed by atoms with E-state index in [4.69, 9.17) is 15.2 Å². The SMILES string of the molecule is CC(C)CC(NC(=O)OCc1ccccc1)C(=O)N(CCOCc1ccccc1)C(N)=O. The van der Waals surface area contributed by atoms with E-state index in [0.29, 0.717) is 13.0 Å². The molecule has 1 unspecified atom stereocenters. The average molecular weight is 442 g/mol. The van der Waals surface area contributed by atoms with E-state index in [1.54, 1.807) is 0 Å². The Morgan fingerprint density at radius 2 is 1.50 bits per heavy atom. The summed E-state index contributed by atoms with van der Waals surface area (Å²) in [6.07, 6.45) is -0.411. The zero-order chi connectivity index (χ0) is 23.3. The third kappa shape index (κ3) is 8.77. The lowest BCUT2D eigenvalue weighted by atomic mass is 10.0. The lowest BCUT2D eigenvalue weighted by Crippen LogP contribution is -2.53. The van der Waals surface area contributed by atoms with E-state index in [9.17, 15) is 14.4 Å². The molecule has 0 aliphatic heterocycles. The van der Waals surface area contributed by atoms with E-state index in [-0.39, 0.29) is 25.7 Å².